The van der Waals surface area contributed by atoms with Crippen LogP contribution in [0.4, 0.5) is 0 Å². The number of ketones is 1. The van der Waals surface area contributed by atoms with E-state index in [0.717, 1.165) is 10.8 Å². The van der Waals surface area contributed by atoms with Gasteiger partial charge in [0.2, 0.25) is 10.0 Å². The third kappa shape index (κ3) is 3.99. The van der Waals surface area contributed by atoms with Crippen LogP contribution in [-0.4, -0.2) is 60.0 Å². The number of piperidine rings is 1. The normalized spacial score (nSPS) is 27.9. The fourth-order valence-electron chi connectivity index (χ4n) is 4.36. The monoisotopic (exact) mass is 448 g/mol. The Morgan fingerprint density at radius 1 is 1.10 bits per heavy atom. The molecule has 2 aliphatic rings. The lowest BCUT2D eigenvalue weighted by molar-refractivity contribution is -0.143. The number of Topliss-reactive ketones (excluding diaryl/α,β-unsaturated/α-hetero) is 1. The van der Waals surface area contributed by atoms with Gasteiger partial charge in [0.25, 0.3) is 0 Å². The predicted octanol–water partition coefficient (Wildman–Crippen LogP) is 1.92. The first-order chi connectivity index (χ1) is 14.3. The summed E-state index contributed by atoms with van der Waals surface area (Å²) in [5.74, 6) is -1.80. The Hall–Kier alpha value is -1.94. The third-order valence-corrected chi connectivity index (χ3v) is 8.23. The Morgan fingerprint density at radius 3 is 2.57 bits per heavy atom. The van der Waals surface area contributed by atoms with Crippen LogP contribution in [0.15, 0.2) is 47.4 Å². The number of sulfonamides is 1. The maximum Gasteiger partial charge on any atom is 0.306 e. The van der Waals surface area contributed by atoms with Crippen molar-refractivity contribution in [1.29, 1.82) is 0 Å². The van der Waals surface area contributed by atoms with Crippen molar-refractivity contribution in [2.24, 2.45) is 5.92 Å². The summed E-state index contributed by atoms with van der Waals surface area (Å²) >= 11 is 4.45. The highest BCUT2D eigenvalue weighted by molar-refractivity contribution is 7.89. The summed E-state index contributed by atoms with van der Waals surface area (Å²) in [4.78, 5) is 24.7. The summed E-state index contributed by atoms with van der Waals surface area (Å²) in [6.45, 7) is 0.561. The third-order valence-electron chi connectivity index (χ3n) is 5.99. The molecule has 4 rings (SSSR count). The summed E-state index contributed by atoms with van der Waals surface area (Å²) in [5.41, 5.74) is 0. The number of nitrogens with zero attached hydrogens (tertiary/aromatic N) is 1. The van der Waals surface area contributed by atoms with E-state index < -0.39 is 34.0 Å². The maximum atomic E-state index is 13.4. The second kappa shape index (κ2) is 8.30. The number of aliphatic carboxylic acids is 1. The van der Waals surface area contributed by atoms with E-state index in [9.17, 15) is 23.1 Å². The van der Waals surface area contributed by atoms with Crippen LogP contribution in [0.2, 0.25) is 0 Å². The molecule has 2 fully saturated rings. The zero-order valence-corrected chi connectivity index (χ0v) is 18.0. The second-order valence-corrected chi connectivity index (χ2v) is 10.6. The first-order valence-corrected chi connectivity index (χ1v) is 11.9. The van der Waals surface area contributed by atoms with Gasteiger partial charge in [-0.15, -0.1) is 0 Å². The summed E-state index contributed by atoms with van der Waals surface area (Å²) in [5, 5.41) is 13.9. The van der Waals surface area contributed by atoms with E-state index in [1.807, 2.05) is 24.3 Å². The van der Waals surface area contributed by atoms with Crippen molar-refractivity contribution >= 4 is 45.2 Å². The molecule has 0 radical (unpaired) electrons. The first kappa shape index (κ1) is 21.3. The van der Waals surface area contributed by atoms with E-state index in [0.29, 0.717) is 19.4 Å². The molecule has 2 N–H and O–H groups in total. The highest BCUT2D eigenvalue weighted by Gasteiger charge is 2.45. The Bertz CT molecular complexity index is 1090. The quantitative estimate of drug-likeness (QED) is 0.604. The molecule has 2 unspecified atom stereocenters. The van der Waals surface area contributed by atoms with Crippen LogP contribution < -0.4 is 5.32 Å². The van der Waals surface area contributed by atoms with Gasteiger partial charge in [-0.1, -0.05) is 30.3 Å². The molecule has 9 heteroatoms. The SMILES string of the molecule is O=C(O)[C@H]1CCN[C@H](C(=O)C2CC(S)CN2S(=O)(=O)c2ccc3ccccc3c2)C1. The lowest BCUT2D eigenvalue weighted by Crippen LogP contribution is -2.52. The number of carboxylic acid groups (broad SMARTS) is 1. The van der Waals surface area contributed by atoms with Crippen molar-refractivity contribution in [3.05, 3.63) is 42.5 Å². The second-order valence-electron chi connectivity index (χ2n) is 7.96. The minimum Gasteiger partial charge on any atom is -0.481 e. The van der Waals surface area contributed by atoms with Gasteiger partial charge in [-0.05, 0) is 48.7 Å². The topological polar surface area (TPSA) is 104 Å². The molecule has 2 aromatic carbocycles. The van der Waals surface area contributed by atoms with Crippen LogP contribution in [0.5, 0.6) is 0 Å². The van der Waals surface area contributed by atoms with Gasteiger partial charge in [-0.2, -0.15) is 16.9 Å². The summed E-state index contributed by atoms with van der Waals surface area (Å²) in [6, 6.07) is 10.9. The Kier molecular flexibility index (Phi) is 5.89. The molecule has 0 amide bonds. The van der Waals surface area contributed by atoms with Crippen molar-refractivity contribution in [3.63, 3.8) is 0 Å². The van der Waals surface area contributed by atoms with E-state index in [1.165, 1.54) is 4.31 Å². The molecule has 2 aliphatic heterocycles. The molecule has 4 atom stereocenters. The van der Waals surface area contributed by atoms with E-state index in [-0.39, 0.29) is 28.9 Å². The largest absolute Gasteiger partial charge is 0.481 e. The van der Waals surface area contributed by atoms with Gasteiger partial charge in [0.05, 0.1) is 22.9 Å². The fourth-order valence-corrected chi connectivity index (χ4v) is 6.54. The zero-order valence-electron chi connectivity index (χ0n) is 16.3. The first-order valence-electron chi connectivity index (χ1n) is 9.96. The molecule has 160 valence electrons. The van der Waals surface area contributed by atoms with Gasteiger partial charge >= 0.3 is 5.97 Å². The molecule has 30 heavy (non-hydrogen) atoms. The number of fused-ring (bicyclic) bond motifs is 1. The van der Waals surface area contributed by atoms with Crippen LogP contribution >= 0.6 is 12.6 Å². The molecule has 0 saturated carbocycles. The molecule has 0 aliphatic carbocycles. The summed E-state index contributed by atoms with van der Waals surface area (Å²) in [7, 11) is -3.91. The molecular weight excluding hydrogens is 424 g/mol. The predicted molar refractivity (Wildman–Crippen MR) is 116 cm³/mol. The van der Waals surface area contributed by atoms with E-state index in [4.69, 9.17) is 0 Å². The lowest BCUT2D eigenvalue weighted by Gasteiger charge is -2.31. The number of hydrogen-bond donors (Lipinski definition) is 3. The Morgan fingerprint density at radius 2 is 1.83 bits per heavy atom. The van der Waals surface area contributed by atoms with Crippen LogP contribution in [0, 0.1) is 5.92 Å². The number of thiol groups is 1. The number of hydrogen-bond acceptors (Lipinski definition) is 6. The smallest absolute Gasteiger partial charge is 0.306 e. The van der Waals surface area contributed by atoms with Crippen molar-refractivity contribution in [1.82, 2.24) is 9.62 Å². The number of nitrogens with one attached hydrogen (secondary N) is 1. The lowest BCUT2D eigenvalue weighted by atomic mass is 9.88. The van der Waals surface area contributed by atoms with Crippen LogP contribution in [0.1, 0.15) is 19.3 Å². The number of rotatable bonds is 5. The van der Waals surface area contributed by atoms with E-state index >= 15 is 0 Å². The molecule has 2 aromatic rings. The maximum absolute atomic E-state index is 13.4. The van der Waals surface area contributed by atoms with Gasteiger partial charge in [-0.25, -0.2) is 8.42 Å². The molecule has 7 nitrogen and oxygen atoms in total. The number of benzene rings is 2. The van der Waals surface area contributed by atoms with Crippen molar-refractivity contribution in [2.45, 2.75) is 41.5 Å². The fraction of sp³-hybridized carbons (Fsp3) is 0.429. The minimum absolute atomic E-state index is 0.140. The zero-order chi connectivity index (χ0) is 21.5. The average Bonchev–Trinajstić information content (AvgIpc) is 3.15. The van der Waals surface area contributed by atoms with Crippen LogP contribution in [-0.2, 0) is 19.6 Å². The highest BCUT2D eigenvalue weighted by atomic mass is 32.2. The highest BCUT2D eigenvalue weighted by Crippen LogP contribution is 2.32. The number of carboxylic acids is 1. The van der Waals surface area contributed by atoms with E-state index in [2.05, 4.69) is 17.9 Å². The molecule has 0 bridgehead atoms. The van der Waals surface area contributed by atoms with Gasteiger partial charge in [-0.3, -0.25) is 9.59 Å². The van der Waals surface area contributed by atoms with Gasteiger partial charge in [0, 0.05) is 11.8 Å². The van der Waals surface area contributed by atoms with Crippen LogP contribution in [0.25, 0.3) is 10.8 Å². The van der Waals surface area contributed by atoms with Crippen LogP contribution in [0.3, 0.4) is 0 Å². The summed E-state index contributed by atoms with van der Waals surface area (Å²) in [6.07, 6.45) is 0.939. The molecular formula is C21H24N2O5S2. The standard InChI is InChI=1S/C21H24N2O5S2/c24-20(18-10-15(21(25)26)7-8-22-18)19-11-16(29)12-23(19)30(27,28)17-6-5-13-3-1-2-4-14(13)9-17/h1-6,9,15-16,18-19,22,29H,7-8,10-12H2,(H,25,26)/t15-,16?,18-,19?/m0/s1. The molecule has 0 aromatic heterocycles. The average molecular weight is 449 g/mol. The van der Waals surface area contributed by atoms with Gasteiger partial charge in [0.1, 0.15) is 0 Å². The van der Waals surface area contributed by atoms with E-state index in [1.54, 1.807) is 18.2 Å². The van der Waals surface area contributed by atoms with Crippen molar-refractivity contribution in [3.8, 4) is 0 Å². The minimum atomic E-state index is -3.91. The Labute approximate surface area is 180 Å². The van der Waals surface area contributed by atoms with Gasteiger partial charge < -0.3 is 10.4 Å². The molecule has 2 saturated heterocycles. The molecule has 2 heterocycles. The number of carbonyl (C=O) groups excluding carboxylic acids is 1. The van der Waals surface area contributed by atoms with Gasteiger partial charge in [0.15, 0.2) is 5.78 Å². The van der Waals surface area contributed by atoms with Crippen molar-refractivity contribution < 1.29 is 23.1 Å². The number of carbonyl (C=O) groups is 2. The Balaban J connectivity index is 1.62. The van der Waals surface area contributed by atoms with Crippen molar-refractivity contribution in [2.75, 3.05) is 13.1 Å². The molecule has 0 spiro atoms. The summed E-state index contributed by atoms with van der Waals surface area (Å²) < 4.78 is 28.1.